The number of hydrogen-bond acceptors (Lipinski definition) is 5. The lowest BCUT2D eigenvalue weighted by Gasteiger charge is -2.12. The molecule has 124 valence electrons. The van der Waals surface area contributed by atoms with E-state index in [4.69, 9.17) is 5.73 Å². The van der Waals surface area contributed by atoms with Gasteiger partial charge in [-0.05, 0) is 24.3 Å². The highest BCUT2D eigenvalue weighted by Gasteiger charge is 2.14. The van der Waals surface area contributed by atoms with Gasteiger partial charge in [0.2, 0.25) is 0 Å². The van der Waals surface area contributed by atoms with Crippen molar-refractivity contribution in [3.8, 4) is 5.82 Å². The number of para-hydroxylation sites is 2. The molecule has 0 fully saturated rings. The summed E-state index contributed by atoms with van der Waals surface area (Å²) < 4.78 is 28.6. The van der Waals surface area contributed by atoms with Crippen LogP contribution in [0.2, 0.25) is 0 Å². The van der Waals surface area contributed by atoms with E-state index in [1.54, 1.807) is 10.9 Å². The fraction of sp³-hybridized carbons (Fsp3) is 0. The van der Waals surface area contributed by atoms with Crippen molar-refractivity contribution in [1.82, 2.24) is 19.5 Å². The van der Waals surface area contributed by atoms with Crippen molar-refractivity contribution in [1.29, 1.82) is 0 Å². The summed E-state index contributed by atoms with van der Waals surface area (Å²) in [5.41, 5.74) is 8.06. The van der Waals surface area contributed by atoms with E-state index in [2.05, 4.69) is 20.3 Å². The predicted octanol–water partition coefficient (Wildman–Crippen LogP) is 3.42. The Balaban J connectivity index is 1.78. The van der Waals surface area contributed by atoms with E-state index in [1.165, 1.54) is 12.4 Å². The third-order valence-electron chi connectivity index (χ3n) is 3.73. The first-order valence-corrected chi connectivity index (χ1v) is 7.38. The maximum atomic E-state index is 13.8. The molecular weight excluding hydrogens is 326 g/mol. The Kier molecular flexibility index (Phi) is 3.50. The van der Waals surface area contributed by atoms with Crippen molar-refractivity contribution in [2.75, 3.05) is 11.1 Å². The van der Waals surface area contributed by atoms with Crippen LogP contribution in [0.5, 0.6) is 0 Å². The highest BCUT2D eigenvalue weighted by molar-refractivity contribution is 5.81. The van der Waals surface area contributed by atoms with Gasteiger partial charge in [0.25, 0.3) is 0 Å². The minimum absolute atomic E-state index is 0.0632. The van der Waals surface area contributed by atoms with Gasteiger partial charge >= 0.3 is 0 Å². The Bertz CT molecular complexity index is 1080. The van der Waals surface area contributed by atoms with Gasteiger partial charge in [-0.15, -0.1) is 0 Å². The van der Waals surface area contributed by atoms with E-state index in [0.29, 0.717) is 5.82 Å². The summed E-state index contributed by atoms with van der Waals surface area (Å²) >= 11 is 0. The van der Waals surface area contributed by atoms with Crippen LogP contribution in [0.25, 0.3) is 16.9 Å². The molecule has 0 bridgehead atoms. The van der Waals surface area contributed by atoms with Crippen molar-refractivity contribution < 1.29 is 8.78 Å². The van der Waals surface area contributed by atoms with Crippen LogP contribution in [0, 0.1) is 11.6 Å². The molecule has 4 rings (SSSR count). The van der Waals surface area contributed by atoms with Crippen LogP contribution in [-0.2, 0) is 0 Å². The van der Waals surface area contributed by atoms with Gasteiger partial charge in [0.15, 0.2) is 11.6 Å². The number of nitrogen functional groups attached to an aromatic ring is 1. The third kappa shape index (κ3) is 2.63. The third-order valence-corrected chi connectivity index (χ3v) is 3.73. The number of rotatable bonds is 3. The van der Waals surface area contributed by atoms with Crippen LogP contribution >= 0.6 is 0 Å². The lowest BCUT2D eigenvalue weighted by Crippen LogP contribution is -2.07. The van der Waals surface area contributed by atoms with Crippen LogP contribution < -0.4 is 11.1 Å². The topological polar surface area (TPSA) is 81.6 Å². The lowest BCUT2D eigenvalue weighted by molar-refractivity contribution is 0.586. The molecule has 6 nitrogen and oxygen atoms in total. The zero-order chi connectivity index (χ0) is 17.4. The molecule has 0 atom stereocenters. The van der Waals surface area contributed by atoms with Gasteiger partial charge in [-0.1, -0.05) is 12.1 Å². The summed E-state index contributed by atoms with van der Waals surface area (Å²) in [6.07, 6.45) is 2.91. The van der Waals surface area contributed by atoms with Gasteiger partial charge in [-0.3, -0.25) is 4.57 Å². The largest absolute Gasteiger partial charge is 0.393 e. The number of fused-ring (bicyclic) bond motifs is 1. The van der Waals surface area contributed by atoms with Gasteiger partial charge < -0.3 is 11.1 Å². The van der Waals surface area contributed by atoms with Crippen LogP contribution in [0.3, 0.4) is 0 Å². The lowest BCUT2D eigenvalue weighted by atomic mass is 10.3. The van der Waals surface area contributed by atoms with E-state index in [1.807, 2.05) is 24.3 Å². The quantitative estimate of drug-likeness (QED) is 0.598. The Morgan fingerprint density at radius 3 is 2.68 bits per heavy atom. The Hall–Kier alpha value is -3.55. The number of nitrogens with two attached hydrogens (primary N) is 1. The van der Waals surface area contributed by atoms with Crippen LogP contribution in [-0.4, -0.2) is 19.5 Å². The molecule has 4 aromatic rings. The van der Waals surface area contributed by atoms with Crippen molar-refractivity contribution in [2.45, 2.75) is 0 Å². The van der Waals surface area contributed by atoms with Crippen molar-refractivity contribution in [3.63, 3.8) is 0 Å². The van der Waals surface area contributed by atoms with Gasteiger partial charge in [-0.25, -0.2) is 23.7 Å². The van der Waals surface area contributed by atoms with Gasteiger partial charge in [0.1, 0.15) is 30.0 Å². The Labute approximate surface area is 141 Å². The molecule has 0 spiro atoms. The molecular formula is C17H12F2N6. The number of nitrogens with zero attached hydrogens (tertiary/aromatic N) is 4. The minimum Gasteiger partial charge on any atom is -0.393 e. The summed E-state index contributed by atoms with van der Waals surface area (Å²) in [7, 11) is 0. The monoisotopic (exact) mass is 338 g/mol. The standard InChI is InChI=1S/C17H12F2N6/c18-10-5-6-12(11(19)7-10)24-16-15(20)17(22-8-21-16)25-9-23-13-3-1-2-4-14(13)25/h1-9H,20H2,(H,21,22,24). The van der Waals surface area contributed by atoms with Gasteiger partial charge in [0.05, 0.1) is 16.7 Å². The molecule has 0 aliphatic heterocycles. The van der Waals surface area contributed by atoms with Crippen LogP contribution in [0.4, 0.5) is 26.0 Å². The second kappa shape index (κ2) is 5.82. The molecule has 3 N–H and O–H groups in total. The first-order chi connectivity index (χ1) is 12.1. The number of anilines is 3. The minimum atomic E-state index is -0.743. The molecule has 0 aliphatic carbocycles. The number of halogens is 2. The van der Waals surface area contributed by atoms with E-state index >= 15 is 0 Å². The molecule has 2 heterocycles. The number of aromatic nitrogens is 4. The number of hydrogen-bond donors (Lipinski definition) is 2. The fourth-order valence-corrected chi connectivity index (χ4v) is 2.52. The molecule has 0 radical (unpaired) electrons. The molecule has 2 aromatic heterocycles. The predicted molar refractivity (Wildman–Crippen MR) is 90.7 cm³/mol. The zero-order valence-electron chi connectivity index (χ0n) is 12.8. The highest BCUT2D eigenvalue weighted by atomic mass is 19.1. The zero-order valence-corrected chi connectivity index (χ0v) is 12.8. The van der Waals surface area contributed by atoms with Gasteiger partial charge in [0, 0.05) is 6.07 Å². The molecule has 0 saturated heterocycles. The molecule has 2 aromatic carbocycles. The first-order valence-electron chi connectivity index (χ1n) is 7.38. The van der Waals surface area contributed by atoms with Gasteiger partial charge in [-0.2, -0.15) is 0 Å². The van der Waals surface area contributed by atoms with E-state index in [0.717, 1.165) is 23.2 Å². The van der Waals surface area contributed by atoms with E-state index in [9.17, 15) is 8.78 Å². The summed E-state index contributed by atoms with van der Waals surface area (Å²) in [6, 6.07) is 10.7. The normalized spacial score (nSPS) is 11.0. The molecule has 25 heavy (non-hydrogen) atoms. The Morgan fingerprint density at radius 2 is 1.84 bits per heavy atom. The number of benzene rings is 2. The summed E-state index contributed by atoms with van der Waals surface area (Å²) in [6.45, 7) is 0. The van der Waals surface area contributed by atoms with Crippen LogP contribution in [0.15, 0.2) is 55.1 Å². The summed E-state index contributed by atoms with van der Waals surface area (Å²) in [5, 5.41) is 2.77. The number of nitrogens with one attached hydrogen (secondary N) is 1. The van der Waals surface area contributed by atoms with Crippen molar-refractivity contribution in [3.05, 3.63) is 66.8 Å². The van der Waals surface area contributed by atoms with E-state index in [-0.39, 0.29) is 17.2 Å². The average Bonchev–Trinajstić information content (AvgIpc) is 3.03. The second-order valence-electron chi connectivity index (χ2n) is 5.31. The first kappa shape index (κ1) is 15.0. The van der Waals surface area contributed by atoms with E-state index < -0.39 is 11.6 Å². The molecule has 0 unspecified atom stereocenters. The highest BCUT2D eigenvalue weighted by Crippen LogP contribution is 2.28. The Morgan fingerprint density at radius 1 is 1.00 bits per heavy atom. The summed E-state index contributed by atoms with van der Waals surface area (Å²) in [5.74, 6) is -0.779. The summed E-state index contributed by atoms with van der Waals surface area (Å²) in [4.78, 5) is 12.5. The molecule has 0 amide bonds. The maximum Gasteiger partial charge on any atom is 0.167 e. The van der Waals surface area contributed by atoms with Crippen molar-refractivity contribution >= 4 is 28.2 Å². The van der Waals surface area contributed by atoms with Crippen molar-refractivity contribution in [2.24, 2.45) is 0 Å². The molecule has 8 heteroatoms. The smallest absolute Gasteiger partial charge is 0.167 e. The molecule has 0 aliphatic rings. The SMILES string of the molecule is Nc1c(Nc2ccc(F)cc2F)ncnc1-n1cnc2ccccc21. The second-order valence-corrected chi connectivity index (χ2v) is 5.31. The molecule has 0 saturated carbocycles. The van der Waals surface area contributed by atoms with Crippen LogP contribution in [0.1, 0.15) is 0 Å². The number of imidazole rings is 1. The average molecular weight is 338 g/mol. The fourth-order valence-electron chi connectivity index (χ4n) is 2.52. The maximum absolute atomic E-state index is 13.8.